The lowest BCUT2D eigenvalue weighted by atomic mass is 9.90. The third-order valence-electron chi connectivity index (χ3n) is 2.65. The molecule has 1 aliphatic rings. The zero-order valence-electron chi connectivity index (χ0n) is 9.49. The fraction of sp³-hybridized carbons (Fsp3) is 1.00. The molecule has 1 heterocycles. The second-order valence-electron chi connectivity index (χ2n) is 5.26. The molecule has 1 saturated heterocycles. The predicted molar refractivity (Wildman–Crippen MR) is 53.7 cm³/mol. The van der Waals surface area contributed by atoms with E-state index in [-0.39, 0.29) is 11.5 Å². The summed E-state index contributed by atoms with van der Waals surface area (Å²) in [5, 5.41) is 3.25. The third-order valence-corrected chi connectivity index (χ3v) is 2.65. The Morgan fingerprint density at radius 1 is 1.40 bits per heavy atom. The summed E-state index contributed by atoms with van der Waals surface area (Å²) < 4.78 is 36.2. The fourth-order valence-corrected chi connectivity index (χ4v) is 2.11. The van der Waals surface area contributed by atoms with Gasteiger partial charge in [0, 0.05) is 19.1 Å². The Hall–Kier alpha value is -0.290. The SMILES string of the molecule is CN(CC1CC(C)(C)CN1)CC(F)(F)F. The molecule has 0 aliphatic carbocycles. The van der Waals surface area contributed by atoms with Crippen LogP contribution in [0.2, 0.25) is 0 Å². The zero-order valence-corrected chi connectivity index (χ0v) is 9.49. The smallest absolute Gasteiger partial charge is 0.312 e. The van der Waals surface area contributed by atoms with Crippen molar-refractivity contribution in [3.05, 3.63) is 0 Å². The van der Waals surface area contributed by atoms with Crippen LogP contribution < -0.4 is 5.32 Å². The Morgan fingerprint density at radius 2 is 2.00 bits per heavy atom. The van der Waals surface area contributed by atoms with Gasteiger partial charge >= 0.3 is 6.18 Å². The van der Waals surface area contributed by atoms with Crippen LogP contribution in [0.4, 0.5) is 13.2 Å². The average Bonchev–Trinajstić information content (AvgIpc) is 2.25. The molecule has 15 heavy (non-hydrogen) atoms. The molecule has 2 nitrogen and oxygen atoms in total. The Labute approximate surface area is 88.8 Å². The van der Waals surface area contributed by atoms with Crippen molar-refractivity contribution in [1.82, 2.24) is 10.2 Å². The highest BCUT2D eigenvalue weighted by Crippen LogP contribution is 2.27. The quantitative estimate of drug-likeness (QED) is 0.787. The van der Waals surface area contributed by atoms with E-state index >= 15 is 0 Å². The van der Waals surface area contributed by atoms with Crippen LogP contribution in [0.25, 0.3) is 0 Å². The number of likely N-dealkylation sites (N-methyl/N-ethyl adjacent to an activating group) is 1. The summed E-state index contributed by atoms with van der Waals surface area (Å²) in [4.78, 5) is 1.33. The summed E-state index contributed by atoms with van der Waals surface area (Å²) in [6, 6.07) is 0.187. The van der Waals surface area contributed by atoms with Gasteiger partial charge in [-0.25, -0.2) is 0 Å². The van der Waals surface area contributed by atoms with Gasteiger partial charge < -0.3 is 5.32 Å². The van der Waals surface area contributed by atoms with Crippen molar-refractivity contribution in [3.8, 4) is 0 Å². The summed E-state index contributed by atoms with van der Waals surface area (Å²) >= 11 is 0. The van der Waals surface area contributed by atoms with E-state index in [4.69, 9.17) is 0 Å². The molecular weight excluding hydrogens is 205 g/mol. The van der Waals surface area contributed by atoms with Gasteiger partial charge in [-0.2, -0.15) is 13.2 Å². The third kappa shape index (κ3) is 4.84. The highest BCUT2D eigenvalue weighted by atomic mass is 19.4. The number of rotatable bonds is 3. The Balaban J connectivity index is 2.31. The molecule has 0 saturated carbocycles. The van der Waals surface area contributed by atoms with E-state index in [0.29, 0.717) is 6.54 Å². The normalized spacial score (nSPS) is 26.2. The van der Waals surface area contributed by atoms with Gasteiger partial charge in [-0.15, -0.1) is 0 Å². The number of halogens is 3. The van der Waals surface area contributed by atoms with Gasteiger partial charge in [-0.05, 0) is 18.9 Å². The van der Waals surface area contributed by atoms with E-state index in [1.54, 1.807) is 0 Å². The molecule has 1 unspecified atom stereocenters. The maximum atomic E-state index is 12.1. The second kappa shape index (κ2) is 4.29. The average molecular weight is 224 g/mol. The molecule has 0 aromatic carbocycles. The van der Waals surface area contributed by atoms with Crippen LogP contribution in [-0.4, -0.2) is 43.8 Å². The van der Waals surface area contributed by atoms with Crippen LogP contribution >= 0.6 is 0 Å². The topological polar surface area (TPSA) is 15.3 Å². The molecule has 0 amide bonds. The van der Waals surface area contributed by atoms with Crippen molar-refractivity contribution in [1.29, 1.82) is 0 Å². The highest BCUT2D eigenvalue weighted by Gasteiger charge is 2.34. The summed E-state index contributed by atoms with van der Waals surface area (Å²) in [5.74, 6) is 0. The van der Waals surface area contributed by atoms with Crippen LogP contribution in [0.1, 0.15) is 20.3 Å². The van der Waals surface area contributed by atoms with Crippen molar-refractivity contribution in [2.45, 2.75) is 32.5 Å². The predicted octanol–water partition coefficient (Wildman–Crippen LogP) is 1.87. The first-order chi connectivity index (χ1) is 6.68. The van der Waals surface area contributed by atoms with E-state index in [0.717, 1.165) is 13.0 Å². The van der Waals surface area contributed by atoms with E-state index < -0.39 is 12.7 Å². The summed E-state index contributed by atoms with van der Waals surface area (Å²) in [5.41, 5.74) is 0.212. The van der Waals surface area contributed by atoms with Crippen LogP contribution in [0, 0.1) is 5.41 Å². The van der Waals surface area contributed by atoms with Crippen LogP contribution in [0.5, 0.6) is 0 Å². The van der Waals surface area contributed by atoms with Crippen molar-refractivity contribution in [2.24, 2.45) is 5.41 Å². The maximum Gasteiger partial charge on any atom is 0.401 e. The highest BCUT2D eigenvalue weighted by molar-refractivity contribution is 4.89. The minimum absolute atomic E-state index is 0.187. The molecule has 0 spiro atoms. The minimum atomic E-state index is -4.09. The molecule has 0 radical (unpaired) electrons. The number of hydrogen-bond acceptors (Lipinski definition) is 2. The minimum Gasteiger partial charge on any atom is -0.312 e. The van der Waals surface area contributed by atoms with Crippen LogP contribution in [0.3, 0.4) is 0 Å². The Morgan fingerprint density at radius 3 is 2.40 bits per heavy atom. The van der Waals surface area contributed by atoms with Gasteiger partial charge in [0.15, 0.2) is 0 Å². The van der Waals surface area contributed by atoms with E-state index in [1.165, 1.54) is 11.9 Å². The van der Waals surface area contributed by atoms with Crippen molar-refractivity contribution < 1.29 is 13.2 Å². The molecule has 1 rings (SSSR count). The van der Waals surface area contributed by atoms with Crippen molar-refractivity contribution >= 4 is 0 Å². The molecule has 1 fully saturated rings. The van der Waals surface area contributed by atoms with Crippen molar-refractivity contribution in [2.75, 3.05) is 26.7 Å². The molecule has 5 heteroatoms. The second-order valence-corrected chi connectivity index (χ2v) is 5.26. The van der Waals surface area contributed by atoms with E-state index in [1.807, 2.05) is 0 Å². The van der Waals surface area contributed by atoms with E-state index in [9.17, 15) is 13.2 Å². The molecule has 0 aromatic heterocycles. The lowest BCUT2D eigenvalue weighted by Crippen LogP contribution is -2.39. The fourth-order valence-electron chi connectivity index (χ4n) is 2.11. The molecule has 90 valence electrons. The number of alkyl halides is 3. The van der Waals surface area contributed by atoms with Gasteiger partial charge in [0.2, 0.25) is 0 Å². The molecule has 0 bridgehead atoms. The number of nitrogens with one attached hydrogen (secondary N) is 1. The Bertz CT molecular complexity index is 213. The van der Waals surface area contributed by atoms with Gasteiger partial charge in [0.25, 0.3) is 0 Å². The lowest BCUT2D eigenvalue weighted by molar-refractivity contribution is -0.143. The zero-order chi connectivity index (χ0) is 11.7. The first-order valence-corrected chi connectivity index (χ1v) is 5.17. The lowest BCUT2D eigenvalue weighted by Gasteiger charge is -2.22. The summed E-state index contributed by atoms with van der Waals surface area (Å²) in [6.45, 7) is 4.78. The maximum absolute atomic E-state index is 12.1. The largest absolute Gasteiger partial charge is 0.401 e. The van der Waals surface area contributed by atoms with Gasteiger partial charge in [0.1, 0.15) is 0 Å². The first-order valence-electron chi connectivity index (χ1n) is 5.17. The summed E-state index contributed by atoms with van der Waals surface area (Å²) in [6.07, 6.45) is -3.15. The van der Waals surface area contributed by atoms with Crippen molar-refractivity contribution in [3.63, 3.8) is 0 Å². The van der Waals surface area contributed by atoms with Gasteiger partial charge in [-0.1, -0.05) is 13.8 Å². The Kier molecular flexibility index (Phi) is 3.66. The molecule has 1 aliphatic heterocycles. The molecular formula is C10H19F3N2. The van der Waals surface area contributed by atoms with Gasteiger partial charge in [-0.3, -0.25) is 4.90 Å². The standard InChI is InChI=1S/C10H19F3N2/c1-9(2)4-8(14-6-9)5-15(3)7-10(11,12)13/h8,14H,4-7H2,1-3H3. The molecule has 1 N–H and O–H groups in total. The summed E-state index contributed by atoms with van der Waals surface area (Å²) in [7, 11) is 1.51. The number of hydrogen-bond donors (Lipinski definition) is 1. The van der Waals surface area contributed by atoms with Crippen LogP contribution in [0.15, 0.2) is 0 Å². The first kappa shape index (κ1) is 12.8. The van der Waals surface area contributed by atoms with Gasteiger partial charge in [0.05, 0.1) is 6.54 Å². The van der Waals surface area contributed by atoms with Crippen LogP contribution in [-0.2, 0) is 0 Å². The monoisotopic (exact) mass is 224 g/mol. The van der Waals surface area contributed by atoms with E-state index in [2.05, 4.69) is 19.2 Å². The molecule has 0 aromatic rings. The molecule has 1 atom stereocenters. The number of nitrogens with zero attached hydrogens (tertiary/aromatic N) is 1.